The molecule has 0 radical (unpaired) electrons. The minimum Gasteiger partial charge on any atom is -0.493 e. The van der Waals surface area contributed by atoms with Crippen molar-refractivity contribution in [1.29, 1.82) is 0 Å². The van der Waals surface area contributed by atoms with Gasteiger partial charge in [-0.05, 0) is 25.5 Å². The first-order chi connectivity index (χ1) is 10.2. The summed E-state index contributed by atoms with van der Waals surface area (Å²) >= 11 is 6.97. The summed E-state index contributed by atoms with van der Waals surface area (Å²) in [5.74, 6) is 1.22. The van der Waals surface area contributed by atoms with Crippen LogP contribution in [-0.2, 0) is 4.79 Å². The molecule has 0 saturated heterocycles. The van der Waals surface area contributed by atoms with Crippen molar-refractivity contribution in [3.63, 3.8) is 0 Å². The summed E-state index contributed by atoms with van der Waals surface area (Å²) in [7, 11) is 0. The van der Waals surface area contributed by atoms with Gasteiger partial charge in [-0.2, -0.15) is 0 Å². The molecule has 0 fully saturated rings. The number of amides is 1. The Morgan fingerprint density at radius 2 is 2.24 bits per heavy atom. The summed E-state index contributed by atoms with van der Waals surface area (Å²) in [5.41, 5.74) is 1.73. The smallest absolute Gasteiger partial charge is 0.226 e. The largest absolute Gasteiger partial charge is 0.493 e. The molecule has 1 N–H and O–H groups in total. The number of anilines is 1. The van der Waals surface area contributed by atoms with Crippen molar-refractivity contribution in [2.45, 2.75) is 19.8 Å². The number of thiazole rings is 1. The number of para-hydroxylation sites is 1. The minimum absolute atomic E-state index is 0.0605. The van der Waals surface area contributed by atoms with Gasteiger partial charge in [-0.25, -0.2) is 4.98 Å². The maximum Gasteiger partial charge on any atom is 0.226 e. The molecule has 2 aromatic rings. The number of hydrogen-bond donors (Lipinski definition) is 1. The molecule has 0 aliphatic carbocycles. The molecule has 0 spiro atoms. The fourth-order valence-corrected chi connectivity index (χ4v) is 2.68. The Morgan fingerprint density at radius 1 is 1.43 bits per heavy atom. The highest BCUT2D eigenvalue weighted by Gasteiger charge is 2.11. The molecule has 4 nitrogen and oxygen atoms in total. The monoisotopic (exact) mass is 324 g/mol. The highest BCUT2D eigenvalue weighted by atomic mass is 35.5. The van der Waals surface area contributed by atoms with E-state index in [1.807, 2.05) is 36.6 Å². The van der Waals surface area contributed by atoms with Crippen LogP contribution in [0.1, 0.15) is 19.8 Å². The van der Waals surface area contributed by atoms with Crippen LogP contribution in [0.25, 0.3) is 11.3 Å². The summed E-state index contributed by atoms with van der Waals surface area (Å²) in [5, 5.41) is 5.29. The number of alkyl halides is 1. The van der Waals surface area contributed by atoms with E-state index in [1.165, 1.54) is 11.3 Å². The van der Waals surface area contributed by atoms with Gasteiger partial charge in [-0.15, -0.1) is 22.9 Å². The number of halogens is 1. The number of benzene rings is 1. The van der Waals surface area contributed by atoms with Crippen LogP contribution < -0.4 is 10.1 Å². The highest BCUT2D eigenvalue weighted by Crippen LogP contribution is 2.32. The fourth-order valence-electron chi connectivity index (χ4n) is 1.82. The van der Waals surface area contributed by atoms with Gasteiger partial charge in [0.25, 0.3) is 0 Å². The standard InChI is InChI=1S/C15H17ClN2O2S/c1-2-20-13-7-4-3-6-11(13)12-10-21-15(17-12)18-14(19)8-5-9-16/h3-4,6-7,10H,2,5,8-9H2,1H3,(H,17,18,19). The molecular weight excluding hydrogens is 308 g/mol. The predicted octanol–water partition coefficient (Wildman–Crippen LogP) is 4.17. The molecule has 0 saturated carbocycles. The Balaban J connectivity index is 2.11. The van der Waals surface area contributed by atoms with E-state index in [1.54, 1.807) is 0 Å². The van der Waals surface area contributed by atoms with Crippen molar-refractivity contribution in [1.82, 2.24) is 4.98 Å². The molecule has 6 heteroatoms. The van der Waals surface area contributed by atoms with Crippen molar-refractivity contribution < 1.29 is 9.53 Å². The molecule has 0 unspecified atom stereocenters. The maximum absolute atomic E-state index is 11.7. The lowest BCUT2D eigenvalue weighted by molar-refractivity contribution is -0.116. The van der Waals surface area contributed by atoms with Gasteiger partial charge in [-0.1, -0.05) is 12.1 Å². The topological polar surface area (TPSA) is 51.2 Å². The lowest BCUT2D eigenvalue weighted by Crippen LogP contribution is -2.10. The van der Waals surface area contributed by atoms with Crippen molar-refractivity contribution in [2.24, 2.45) is 0 Å². The number of hydrogen-bond acceptors (Lipinski definition) is 4. The molecule has 0 aliphatic heterocycles. The second-order valence-corrected chi connectivity index (χ2v) is 5.54. The number of carbonyl (C=O) groups is 1. The second-order valence-electron chi connectivity index (χ2n) is 4.31. The molecule has 2 rings (SSSR count). The predicted molar refractivity (Wildman–Crippen MR) is 87.3 cm³/mol. The molecule has 1 heterocycles. The van der Waals surface area contributed by atoms with Crippen LogP contribution in [-0.4, -0.2) is 23.4 Å². The summed E-state index contributed by atoms with van der Waals surface area (Å²) in [6.45, 7) is 2.55. The first-order valence-corrected chi connectivity index (χ1v) is 8.19. The first kappa shape index (κ1) is 15.8. The lowest BCUT2D eigenvalue weighted by Gasteiger charge is -2.07. The van der Waals surface area contributed by atoms with Crippen LogP contribution in [0.3, 0.4) is 0 Å². The van der Waals surface area contributed by atoms with E-state index < -0.39 is 0 Å². The third-order valence-electron chi connectivity index (χ3n) is 2.75. The summed E-state index contributed by atoms with van der Waals surface area (Å²) in [4.78, 5) is 16.1. The van der Waals surface area contributed by atoms with Crippen LogP contribution >= 0.6 is 22.9 Å². The van der Waals surface area contributed by atoms with E-state index in [-0.39, 0.29) is 5.91 Å². The molecule has 0 aliphatic rings. The molecule has 0 bridgehead atoms. The summed E-state index contributed by atoms with van der Waals surface area (Å²) in [6.07, 6.45) is 1.08. The van der Waals surface area contributed by atoms with Gasteiger partial charge < -0.3 is 10.1 Å². The third kappa shape index (κ3) is 4.44. The second kappa shape index (κ2) is 8.00. The normalized spacial score (nSPS) is 10.4. The zero-order chi connectivity index (χ0) is 15.1. The Hall–Kier alpha value is -1.59. The first-order valence-electron chi connectivity index (χ1n) is 6.78. The van der Waals surface area contributed by atoms with Gasteiger partial charge in [0.2, 0.25) is 5.91 Å². The highest BCUT2D eigenvalue weighted by molar-refractivity contribution is 7.14. The van der Waals surface area contributed by atoms with Gasteiger partial charge >= 0.3 is 0 Å². The van der Waals surface area contributed by atoms with Gasteiger partial charge in [0, 0.05) is 23.2 Å². The van der Waals surface area contributed by atoms with E-state index in [0.29, 0.717) is 30.5 Å². The van der Waals surface area contributed by atoms with E-state index in [9.17, 15) is 4.79 Å². The Morgan fingerprint density at radius 3 is 3.00 bits per heavy atom. The minimum atomic E-state index is -0.0605. The maximum atomic E-state index is 11.7. The average Bonchev–Trinajstić information content (AvgIpc) is 2.94. The number of rotatable bonds is 7. The van der Waals surface area contributed by atoms with E-state index in [2.05, 4.69) is 10.3 Å². The van der Waals surface area contributed by atoms with Crippen molar-refractivity contribution in [3.05, 3.63) is 29.6 Å². The Kier molecular flexibility index (Phi) is 6.02. The number of nitrogens with one attached hydrogen (secondary N) is 1. The van der Waals surface area contributed by atoms with Crippen molar-refractivity contribution in [2.75, 3.05) is 17.8 Å². The zero-order valence-corrected chi connectivity index (χ0v) is 13.3. The number of aromatic nitrogens is 1. The molecule has 1 aromatic carbocycles. The summed E-state index contributed by atoms with van der Waals surface area (Å²) in [6, 6.07) is 7.74. The van der Waals surface area contributed by atoms with Crippen LogP contribution in [0.5, 0.6) is 5.75 Å². The average molecular weight is 325 g/mol. The quantitative estimate of drug-likeness (QED) is 0.778. The van der Waals surface area contributed by atoms with Crippen molar-refractivity contribution >= 4 is 34.0 Å². The Bertz CT molecular complexity index is 601. The molecule has 1 aromatic heterocycles. The van der Waals surface area contributed by atoms with Crippen molar-refractivity contribution in [3.8, 4) is 17.0 Å². The molecule has 1 amide bonds. The van der Waals surface area contributed by atoms with Gasteiger partial charge in [-0.3, -0.25) is 4.79 Å². The number of nitrogens with zero attached hydrogens (tertiary/aromatic N) is 1. The fraction of sp³-hybridized carbons (Fsp3) is 0.333. The van der Waals surface area contributed by atoms with Crippen LogP contribution in [0.15, 0.2) is 29.6 Å². The van der Waals surface area contributed by atoms with Gasteiger partial charge in [0.1, 0.15) is 5.75 Å². The van der Waals surface area contributed by atoms with Crippen LogP contribution in [0, 0.1) is 0 Å². The lowest BCUT2D eigenvalue weighted by atomic mass is 10.1. The number of ether oxygens (including phenoxy) is 1. The molecule has 112 valence electrons. The van der Waals surface area contributed by atoms with E-state index in [4.69, 9.17) is 16.3 Å². The number of carbonyl (C=O) groups excluding carboxylic acids is 1. The molecule has 0 atom stereocenters. The molecule has 21 heavy (non-hydrogen) atoms. The van der Waals surface area contributed by atoms with Gasteiger partial charge in [0.05, 0.1) is 12.3 Å². The zero-order valence-electron chi connectivity index (χ0n) is 11.8. The third-order valence-corrected chi connectivity index (χ3v) is 3.78. The molecular formula is C15H17ClN2O2S. The van der Waals surface area contributed by atoms with Gasteiger partial charge in [0.15, 0.2) is 5.13 Å². The Labute approximate surface area is 133 Å². The van der Waals surface area contributed by atoms with E-state index in [0.717, 1.165) is 17.0 Å². The van der Waals surface area contributed by atoms with Crippen LogP contribution in [0.4, 0.5) is 5.13 Å². The van der Waals surface area contributed by atoms with E-state index >= 15 is 0 Å². The van der Waals surface area contributed by atoms with Crippen LogP contribution in [0.2, 0.25) is 0 Å². The summed E-state index contributed by atoms with van der Waals surface area (Å²) < 4.78 is 5.60. The SMILES string of the molecule is CCOc1ccccc1-c1csc(NC(=O)CCCCl)n1.